The van der Waals surface area contributed by atoms with E-state index in [9.17, 15) is 0 Å². The zero-order valence-corrected chi connectivity index (χ0v) is 29.9. The molecule has 0 amide bonds. The van der Waals surface area contributed by atoms with Crippen LogP contribution in [-0.4, -0.2) is 0 Å². The van der Waals surface area contributed by atoms with E-state index in [0.717, 1.165) is 39.0 Å². The first-order valence-corrected chi connectivity index (χ1v) is 19.0. The number of para-hydroxylation sites is 1. The van der Waals surface area contributed by atoms with E-state index in [1.165, 1.54) is 66.4 Å². The third-order valence-electron chi connectivity index (χ3n) is 12.1. The number of hydrogen-bond acceptors (Lipinski definition) is 2. The van der Waals surface area contributed by atoms with E-state index in [2.05, 4.69) is 205 Å². The second-order valence-electron chi connectivity index (χ2n) is 14.8. The summed E-state index contributed by atoms with van der Waals surface area (Å²) in [6.45, 7) is 0. The molecule has 0 radical (unpaired) electrons. The highest BCUT2D eigenvalue weighted by atomic mass is 16.3. The van der Waals surface area contributed by atoms with E-state index < -0.39 is 5.41 Å². The highest BCUT2D eigenvalue weighted by molar-refractivity contribution is 6.22. The van der Waals surface area contributed by atoms with Crippen molar-refractivity contribution in [2.75, 3.05) is 4.90 Å². The lowest BCUT2D eigenvalue weighted by Crippen LogP contribution is -2.26. The van der Waals surface area contributed by atoms with Gasteiger partial charge in [0.05, 0.1) is 5.41 Å². The number of nitrogens with zero attached hydrogens (tertiary/aromatic N) is 1. The van der Waals surface area contributed by atoms with Crippen LogP contribution in [0.25, 0.3) is 66.1 Å². The third kappa shape index (κ3) is 4.14. The molecule has 10 aromatic rings. The largest absolute Gasteiger partial charge is 0.456 e. The molecule has 1 heterocycles. The molecular formula is C53H33NO. The smallest absolute Gasteiger partial charge is 0.136 e. The minimum absolute atomic E-state index is 0.419. The van der Waals surface area contributed by atoms with Gasteiger partial charge in [-0.25, -0.2) is 0 Å². The van der Waals surface area contributed by atoms with Crippen LogP contribution >= 0.6 is 0 Å². The highest BCUT2D eigenvalue weighted by Gasteiger charge is 2.51. The van der Waals surface area contributed by atoms with Crippen LogP contribution in [0.5, 0.6) is 0 Å². The molecule has 2 aliphatic rings. The summed E-state index contributed by atoms with van der Waals surface area (Å²) in [5, 5.41) is 4.65. The van der Waals surface area contributed by atoms with Gasteiger partial charge in [-0.1, -0.05) is 152 Å². The summed E-state index contributed by atoms with van der Waals surface area (Å²) in [6.07, 6.45) is 0. The van der Waals surface area contributed by atoms with E-state index in [1.54, 1.807) is 0 Å². The molecule has 0 fully saturated rings. The minimum atomic E-state index is -0.419. The fourth-order valence-electron chi connectivity index (χ4n) is 9.87. The molecule has 256 valence electrons. The van der Waals surface area contributed by atoms with Crippen LogP contribution in [0.4, 0.5) is 17.1 Å². The maximum atomic E-state index is 6.68. The van der Waals surface area contributed by atoms with Gasteiger partial charge in [0.2, 0.25) is 0 Å². The lowest BCUT2D eigenvalue weighted by atomic mass is 9.70. The second kappa shape index (κ2) is 11.4. The first kappa shape index (κ1) is 30.3. The number of hydrogen-bond donors (Lipinski definition) is 0. The van der Waals surface area contributed by atoms with E-state index in [1.807, 2.05) is 0 Å². The fourth-order valence-corrected chi connectivity index (χ4v) is 9.87. The van der Waals surface area contributed by atoms with Crippen LogP contribution in [0.1, 0.15) is 22.3 Å². The number of fused-ring (bicyclic) bond motifs is 15. The summed E-state index contributed by atoms with van der Waals surface area (Å²) >= 11 is 0. The molecule has 0 unspecified atom stereocenters. The van der Waals surface area contributed by atoms with Gasteiger partial charge in [-0.3, -0.25) is 0 Å². The molecule has 0 atom stereocenters. The van der Waals surface area contributed by atoms with E-state index in [4.69, 9.17) is 4.42 Å². The Bertz CT molecular complexity index is 3090. The van der Waals surface area contributed by atoms with Gasteiger partial charge in [-0.2, -0.15) is 0 Å². The minimum Gasteiger partial charge on any atom is -0.456 e. The Morgan fingerprint density at radius 2 is 0.855 bits per heavy atom. The van der Waals surface area contributed by atoms with Crippen LogP contribution < -0.4 is 4.90 Å². The Morgan fingerprint density at radius 3 is 1.53 bits per heavy atom. The SMILES string of the molecule is c1ccc(-c2cc3oc4ccc(N(c5ccccc5)c5ccc6c(c5)C5(c7ccccc7-c7ccccc75)c5ccccc5-6)cc4c3c3ccccc23)cc1. The van der Waals surface area contributed by atoms with Gasteiger partial charge < -0.3 is 9.32 Å². The monoisotopic (exact) mass is 699 g/mol. The molecular weight excluding hydrogens is 667 g/mol. The Hall–Kier alpha value is -7.16. The molecule has 2 aliphatic carbocycles. The molecule has 0 saturated heterocycles. The molecule has 12 rings (SSSR count). The Labute approximate surface area is 319 Å². The molecule has 2 heteroatoms. The van der Waals surface area contributed by atoms with Crippen LogP contribution in [0, 0.1) is 0 Å². The van der Waals surface area contributed by atoms with Gasteiger partial charge in [0.1, 0.15) is 11.2 Å². The number of furan rings is 1. The lowest BCUT2D eigenvalue weighted by Gasteiger charge is -2.32. The lowest BCUT2D eigenvalue weighted by molar-refractivity contribution is 0.669. The van der Waals surface area contributed by atoms with Gasteiger partial charge in [0.15, 0.2) is 0 Å². The van der Waals surface area contributed by atoms with E-state index in [-0.39, 0.29) is 0 Å². The number of anilines is 3. The molecule has 55 heavy (non-hydrogen) atoms. The summed E-state index contributed by atoms with van der Waals surface area (Å²) in [4.78, 5) is 2.41. The summed E-state index contributed by atoms with van der Waals surface area (Å²) in [5.74, 6) is 0. The summed E-state index contributed by atoms with van der Waals surface area (Å²) in [6, 6.07) is 73.1. The van der Waals surface area contributed by atoms with Gasteiger partial charge in [-0.15, -0.1) is 0 Å². The molecule has 0 bridgehead atoms. The second-order valence-corrected chi connectivity index (χ2v) is 14.8. The van der Waals surface area contributed by atoms with Crippen molar-refractivity contribution in [3.8, 4) is 33.4 Å². The van der Waals surface area contributed by atoms with E-state index in [0.29, 0.717) is 0 Å². The molecule has 1 aromatic heterocycles. The Kier molecular flexibility index (Phi) is 6.29. The fraction of sp³-hybridized carbons (Fsp3) is 0.0189. The van der Waals surface area contributed by atoms with Gasteiger partial charge in [0.25, 0.3) is 0 Å². The first-order chi connectivity index (χ1) is 27.3. The average molecular weight is 700 g/mol. The van der Waals surface area contributed by atoms with Crippen molar-refractivity contribution in [3.05, 3.63) is 222 Å². The molecule has 2 nitrogen and oxygen atoms in total. The topological polar surface area (TPSA) is 16.4 Å². The predicted molar refractivity (Wildman–Crippen MR) is 228 cm³/mol. The molecule has 9 aromatic carbocycles. The van der Waals surface area contributed by atoms with Crippen molar-refractivity contribution in [1.29, 1.82) is 0 Å². The number of rotatable bonds is 4. The van der Waals surface area contributed by atoms with Gasteiger partial charge in [0, 0.05) is 27.8 Å². The van der Waals surface area contributed by atoms with Crippen LogP contribution in [-0.2, 0) is 5.41 Å². The van der Waals surface area contributed by atoms with Crippen molar-refractivity contribution in [1.82, 2.24) is 0 Å². The Balaban J connectivity index is 1.11. The predicted octanol–water partition coefficient (Wildman–Crippen LogP) is 14.2. The van der Waals surface area contributed by atoms with Crippen molar-refractivity contribution in [2.45, 2.75) is 5.41 Å². The zero-order chi connectivity index (χ0) is 36.1. The van der Waals surface area contributed by atoms with Crippen molar-refractivity contribution >= 4 is 49.8 Å². The summed E-state index contributed by atoms with van der Waals surface area (Å²) in [7, 11) is 0. The van der Waals surface area contributed by atoms with Crippen LogP contribution in [0.3, 0.4) is 0 Å². The van der Waals surface area contributed by atoms with Crippen molar-refractivity contribution in [2.24, 2.45) is 0 Å². The normalized spacial score (nSPS) is 13.2. The summed E-state index contributed by atoms with van der Waals surface area (Å²) < 4.78 is 6.68. The number of benzene rings is 9. The maximum Gasteiger partial charge on any atom is 0.136 e. The summed E-state index contributed by atoms with van der Waals surface area (Å²) in [5.41, 5.74) is 17.6. The van der Waals surface area contributed by atoms with E-state index >= 15 is 0 Å². The third-order valence-corrected chi connectivity index (χ3v) is 12.1. The quantitative estimate of drug-likeness (QED) is 0.182. The standard InChI is InChI=1S/C53H33NO/c1-3-15-34(16-4-1)44-33-51-52(43-23-8-7-19-38(43)44)45-31-36(28-30-50(45)55-51)54(35-17-5-2-6-18-35)37-27-29-42-41-22-11-14-26-48(41)53(49(42)32-37)46-24-12-9-20-39(46)40-21-10-13-25-47(40)53/h1-33H. The highest BCUT2D eigenvalue weighted by Crippen LogP contribution is 2.63. The molecule has 0 N–H and O–H groups in total. The zero-order valence-electron chi connectivity index (χ0n) is 29.9. The molecule has 0 aliphatic heterocycles. The van der Waals surface area contributed by atoms with Crippen molar-refractivity contribution in [3.63, 3.8) is 0 Å². The average Bonchev–Trinajstić information content (AvgIpc) is 3.88. The van der Waals surface area contributed by atoms with Crippen LogP contribution in [0.15, 0.2) is 205 Å². The van der Waals surface area contributed by atoms with Gasteiger partial charge in [-0.05, 0) is 115 Å². The van der Waals surface area contributed by atoms with Crippen LogP contribution in [0.2, 0.25) is 0 Å². The Morgan fingerprint density at radius 1 is 0.327 bits per heavy atom. The van der Waals surface area contributed by atoms with Gasteiger partial charge >= 0.3 is 0 Å². The molecule has 0 saturated carbocycles. The maximum absolute atomic E-state index is 6.68. The molecule has 1 spiro atoms. The van der Waals surface area contributed by atoms with Crippen molar-refractivity contribution < 1.29 is 4.42 Å². The first-order valence-electron chi connectivity index (χ1n) is 19.0.